The number of likely N-dealkylation sites (tertiary alicyclic amines) is 1. The monoisotopic (exact) mass is 275 g/mol. The smallest absolute Gasteiger partial charge is 0.251 e. The van der Waals surface area contributed by atoms with E-state index in [2.05, 4.69) is 29.4 Å². The Hall–Kier alpha value is -1.55. The van der Waals surface area contributed by atoms with E-state index in [1.165, 1.54) is 6.42 Å². The minimum absolute atomic E-state index is 0.00843. The number of hydrogen-bond acceptors (Lipinski definition) is 3. The van der Waals surface area contributed by atoms with Gasteiger partial charge in [0.15, 0.2) is 0 Å². The van der Waals surface area contributed by atoms with Crippen LogP contribution in [0, 0.1) is 0 Å². The maximum Gasteiger partial charge on any atom is 0.251 e. The van der Waals surface area contributed by atoms with E-state index in [0.29, 0.717) is 24.2 Å². The van der Waals surface area contributed by atoms with Crippen molar-refractivity contribution in [2.45, 2.75) is 39.3 Å². The van der Waals surface area contributed by atoms with Gasteiger partial charge in [-0.15, -0.1) is 0 Å². The lowest BCUT2D eigenvalue weighted by Gasteiger charge is -2.20. The summed E-state index contributed by atoms with van der Waals surface area (Å²) in [5, 5.41) is 6.36. The molecule has 0 bridgehead atoms. The summed E-state index contributed by atoms with van der Waals surface area (Å²) in [6, 6.07) is 8.85. The van der Waals surface area contributed by atoms with E-state index < -0.39 is 0 Å². The third kappa shape index (κ3) is 3.73. The van der Waals surface area contributed by atoms with Gasteiger partial charge in [-0.3, -0.25) is 9.69 Å². The fraction of sp³-hybridized carbons (Fsp3) is 0.562. The van der Waals surface area contributed by atoms with Crippen molar-refractivity contribution in [1.29, 1.82) is 0 Å². The second-order valence-corrected chi connectivity index (χ2v) is 5.66. The maximum absolute atomic E-state index is 11.7. The first-order valence-electron chi connectivity index (χ1n) is 7.49. The Morgan fingerprint density at radius 3 is 2.60 bits per heavy atom. The zero-order valence-corrected chi connectivity index (χ0v) is 12.6. The van der Waals surface area contributed by atoms with E-state index in [-0.39, 0.29) is 5.91 Å². The summed E-state index contributed by atoms with van der Waals surface area (Å²) in [6.07, 6.45) is 1.18. The fourth-order valence-electron chi connectivity index (χ4n) is 2.59. The van der Waals surface area contributed by atoms with Crippen LogP contribution in [-0.4, -0.2) is 42.5 Å². The minimum Gasteiger partial charge on any atom is -0.381 e. The first-order valence-corrected chi connectivity index (χ1v) is 7.49. The van der Waals surface area contributed by atoms with Gasteiger partial charge in [0.25, 0.3) is 5.91 Å². The van der Waals surface area contributed by atoms with Gasteiger partial charge in [0.2, 0.25) is 0 Å². The standard InChI is InChI=1S/C16H25N3O/c1-4-17-16(20)13-5-7-14(8-6-13)18-15-9-10-19(11-15)12(2)3/h5-8,12,15,18H,4,9-11H2,1-3H3,(H,17,20). The summed E-state index contributed by atoms with van der Waals surface area (Å²) < 4.78 is 0. The molecule has 1 aromatic carbocycles. The summed E-state index contributed by atoms with van der Waals surface area (Å²) in [5.41, 5.74) is 1.81. The second-order valence-electron chi connectivity index (χ2n) is 5.66. The number of amides is 1. The molecule has 1 saturated heterocycles. The Morgan fingerprint density at radius 2 is 2.05 bits per heavy atom. The molecule has 1 heterocycles. The molecule has 0 aromatic heterocycles. The average Bonchev–Trinajstić information content (AvgIpc) is 2.88. The van der Waals surface area contributed by atoms with Gasteiger partial charge in [0.1, 0.15) is 0 Å². The van der Waals surface area contributed by atoms with Crippen LogP contribution in [0.2, 0.25) is 0 Å². The van der Waals surface area contributed by atoms with Crippen molar-refractivity contribution in [3.63, 3.8) is 0 Å². The number of benzene rings is 1. The van der Waals surface area contributed by atoms with Crippen molar-refractivity contribution in [3.05, 3.63) is 29.8 Å². The van der Waals surface area contributed by atoms with E-state index in [1.54, 1.807) is 0 Å². The molecule has 1 amide bonds. The first kappa shape index (κ1) is 14.9. The van der Waals surface area contributed by atoms with E-state index >= 15 is 0 Å². The Kier molecular flexibility index (Phi) is 5.01. The van der Waals surface area contributed by atoms with Gasteiger partial charge in [-0.2, -0.15) is 0 Å². The largest absolute Gasteiger partial charge is 0.381 e. The highest BCUT2D eigenvalue weighted by atomic mass is 16.1. The van der Waals surface area contributed by atoms with Crippen molar-refractivity contribution in [3.8, 4) is 0 Å². The third-order valence-electron chi connectivity index (χ3n) is 3.81. The van der Waals surface area contributed by atoms with Gasteiger partial charge < -0.3 is 10.6 Å². The lowest BCUT2D eigenvalue weighted by atomic mass is 10.1. The van der Waals surface area contributed by atoms with Gasteiger partial charge in [0.05, 0.1) is 0 Å². The number of anilines is 1. The highest BCUT2D eigenvalue weighted by molar-refractivity contribution is 5.94. The fourth-order valence-corrected chi connectivity index (χ4v) is 2.59. The van der Waals surface area contributed by atoms with E-state index in [9.17, 15) is 4.79 Å². The predicted molar refractivity (Wildman–Crippen MR) is 83.2 cm³/mol. The molecule has 1 unspecified atom stereocenters. The summed E-state index contributed by atoms with van der Waals surface area (Å²) in [6.45, 7) is 9.31. The molecule has 0 aliphatic carbocycles. The Bertz CT molecular complexity index is 442. The van der Waals surface area contributed by atoms with Crippen LogP contribution in [0.1, 0.15) is 37.6 Å². The molecule has 1 aliphatic heterocycles. The van der Waals surface area contributed by atoms with Crippen molar-refractivity contribution >= 4 is 11.6 Å². The second kappa shape index (κ2) is 6.75. The van der Waals surface area contributed by atoms with Crippen LogP contribution in [0.5, 0.6) is 0 Å². The quantitative estimate of drug-likeness (QED) is 0.867. The molecule has 0 spiro atoms. The number of nitrogens with one attached hydrogen (secondary N) is 2. The van der Waals surface area contributed by atoms with Crippen molar-refractivity contribution in [2.75, 3.05) is 25.0 Å². The SMILES string of the molecule is CCNC(=O)c1ccc(NC2CCN(C(C)C)C2)cc1. The lowest BCUT2D eigenvalue weighted by molar-refractivity contribution is 0.0956. The molecule has 4 nitrogen and oxygen atoms in total. The number of carbonyl (C=O) groups excluding carboxylic acids is 1. The summed E-state index contributed by atoms with van der Waals surface area (Å²) >= 11 is 0. The number of nitrogens with zero attached hydrogens (tertiary/aromatic N) is 1. The zero-order chi connectivity index (χ0) is 14.5. The molecule has 1 fully saturated rings. The molecule has 1 atom stereocenters. The minimum atomic E-state index is -0.00843. The summed E-state index contributed by atoms with van der Waals surface area (Å²) in [4.78, 5) is 14.2. The van der Waals surface area contributed by atoms with Crippen LogP contribution >= 0.6 is 0 Å². The predicted octanol–water partition coefficient (Wildman–Crippen LogP) is 2.33. The highest BCUT2D eigenvalue weighted by Gasteiger charge is 2.23. The van der Waals surface area contributed by atoms with E-state index in [0.717, 1.165) is 18.8 Å². The van der Waals surface area contributed by atoms with Crippen LogP contribution in [0.3, 0.4) is 0 Å². The number of hydrogen-bond donors (Lipinski definition) is 2. The third-order valence-corrected chi connectivity index (χ3v) is 3.81. The lowest BCUT2D eigenvalue weighted by Crippen LogP contribution is -2.31. The molecule has 110 valence electrons. The molecule has 20 heavy (non-hydrogen) atoms. The molecule has 4 heteroatoms. The topological polar surface area (TPSA) is 44.4 Å². The molecule has 2 rings (SSSR count). The van der Waals surface area contributed by atoms with Crippen molar-refractivity contribution in [1.82, 2.24) is 10.2 Å². The summed E-state index contributed by atoms with van der Waals surface area (Å²) in [5.74, 6) is -0.00843. The molecular weight excluding hydrogens is 250 g/mol. The van der Waals surface area contributed by atoms with E-state index in [4.69, 9.17) is 0 Å². The zero-order valence-electron chi connectivity index (χ0n) is 12.6. The molecule has 1 aliphatic rings. The Labute approximate surface area is 121 Å². The maximum atomic E-state index is 11.7. The molecule has 0 radical (unpaired) electrons. The van der Waals surface area contributed by atoms with Crippen LogP contribution in [0.4, 0.5) is 5.69 Å². The Balaban J connectivity index is 1.90. The van der Waals surface area contributed by atoms with Gasteiger partial charge in [-0.1, -0.05) is 0 Å². The summed E-state index contributed by atoms with van der Waals surface area (Å²) in [7, 11) is 0. The van der Waals surface area contributed by atoms with E-state index in [1.807, 2.05) is 31.2 Å². The van der Waals surface area contributed by atoms with Gasteiger partial charge >= 0.3 is 0 Å². The molecule has 0 saturated carbocycles. The molecular formula is C16H25N3O. The number of rotatable bonds is 5. The normalized spacial score (nSPS) is 19.3. The van der Waals surface area contributed by atoms with Gasteiger partial charge in [0, 0.05) is 43.0 Å². The van der Waals surface area contributed by atoms with Gasteiger partial charge in [-0.25, -0.2) is 0 Å². The van der Waals surface area contributed by atoms with Crippen molar-refractivity contribution < 1.29 is 4.79 Å². The van der Waals surface area contributed by atoms with Crippen LogP contribution in [0.15, 0.2) is 24.3 Å². The first-order chi connectivity index (χ1) is 9.60. The Morgan fingerprint density at radius 1 is 1.35 bits per heavy atom. The average molecular weight is 275 g/mol. The number of carbonyl (C=O) groups is 1. The van der Waals surface area contributed by atoms with Crippen LogP contribution in [-0.2, 0) is 0 Å². The van der Waals surface area contributed by atoms with Crippen LogP contribution in [0.25, 0.3) is 0 Å². The highest BCUT2D eigenvalue weighted by Crippen LogP contribution is 2.18. The van der Waals surface area contributed by atoms with Crippen LogP contribution < -0.4 is 10.6 Å². The van der Waals surface area contributed by atoms with Crippen molar-refractivity contribution in [2.24, 2.45) is 0 Å². The van der Waals surface area contributed by atoms with Gasteiger partial charge in [-0.05, 0) is 51.5 Å². The molecule has 1 aromatic rings. The molecule has 2 N–H and O–H groups in total.